The van der Waals surface area contributed by atoms with Gasteiger partial charge in [-0.3, -0.25) is 9.69 Å². The maximum atomic E-state index is 12.4. The van der Waals surface area contributed by atoms with Crippen molar-refractivity contribution in [2.24, 2.45) is 0 Å². The number of aldehydes is 1. The Bertz CT molecular complexity index is 727. The third-order valence-electron chi connectivity index (χ3n) is 3.38. The molecular formula is C19H19NO5. The van der Waals surface area contributed by atoms with E-state index >= 15 is 0 Å². The Morgan fingerprint density at radius 2 is 1.72 bits per heavy atom. The first-order valence-corrected chi connectivity index (χ1v) is 7.75. The highest BCUT2D eigenvalue weighted by Crippen LogP contribution is 2.22. The predicted molar refractivity (Wildman–Crippen MR) is 92.4 cm³/mol. The summed E-state index contributed by atoms with van der Waals surface area (Å²) >= 11 is 0. The molecule has 1 atom stereocenters. The maximum Gasteiger partial charge on any atom is 0.415 e. The summed E-state index contributed by atoms with van der Waals surface area (Å²) in [5, 5.41) is 0. The van der Waals surface area contributed by atoms with Crippen LogP contribution in [0, 0.1) is 0 Å². The number of amides is 1. The molecule has 6 heteroatoms. The molecule has 0 saturated heterocycles. The van der Waals surface area contributed by atoms with Gasteiger partial charge in [0.2, 0.25) is 0 Å². The molecule has 2 aromatic rings. The fourth-order valence-corrected chi connectivity index (χ4v) is 2.20. The van der Waals surface area contributed by atoms with E-state index in [0.717, 1.165) is 5.56 Å². The van der Waals surface area contributed by atoms with Crippen LogP contribution >= 0.6 is 0 Å². The number of carbonyl (C=O) groups excluding carboxylic acids is 3. The van der Waals surface area contributed by atoms with Crippen molar-refractivity contribution in [2.75, 3.05) is 4.90 Å². The lowest BCUT2D eigenvalue weighted by Crippen LogP contribution is -2.40. The van der Waals surface area contributed by atoms with Crippen molar-refractivity contribution in [3.63, 3.8) is 0 Å². The minimum absolute atomic E-state index is 0.104. The van der Waals surface area contributed by atoms with Gasteiger partial charge >= 0.3 is 12.1 Å². The van der Waals surface area contributed by atoms with Crippen LogP contribution in [0.2, 0.25) is 0 Å². The largest absolute Gasteiger partial charge is 0.444 e. The molecule has 0 aliphatic rings. The Balaban J connectivity index is 2.13. The van der Waals surface area contributed by atoms with E-state index in [2.05, 4.69) is 0 Å². The molecule has 25 heavy (non-hydrogen) atoms. The number of anilines is 1. The Hall–Kier alpha value is -3.15. The summed E-state index contributed by atoms with van der Waals surface area (Å²) in [7, 11) is 0. The normalized spacial score (nSPS) is 11.3. The van der Waals surface area contributed by atoms with Crippen LogP contribution in [-0.2, 0) is 20.9 Å². The second-order valence-electron chi connectivity index (χ2n) is 5.37. The first-order valence-electron chi connectivity index (χ1n) is 7.75. The van der Waals surface area contributed by atoms with E-state index in [1.807, 2.05) is 30.3 Å². The topological polar surface area (TPSA) is 72.9 Å². The summed E-state index contributed by atoms with van der Waals surface area (Å²) in [5.74, 6) is -0.0826. The van der Waals surface area contributed by atoms with Crippen molar-refractivity contribution < 1.29 is 23.9 Å². The summed E-state index contributed by atoms with van der Waals surface area (Å²) in [4.78, 5) is 35.8. The predicted octanol–water partition coefficient (Wildman–Crippen LogP) is 3.34. The Morgan fingerprint density at radius 3 is 2.28 bits per heavy atom. The summed E-state index contributed by atoms with van der Waals surface area (Å²) in [6, 6.07) is 14.8. The zero-order valence-corrected chi connectivity index (χ0v) is 14.0. The number of rotatable bonds is 6. The SMILES string of the molecule is CC(=O)Oc1ccc(N(C(=O)OCc2ccccc2)C(C)C=O)cc1. The lowest BCUT2D eigenvalue weighted by atomic mass is 10.2. The number of ether oxygens (including phenoxy) is 2. The molecule has 0 radical (unpaired) electrons. The molecule has 1 amide bonds. The van der Waals surface area contributed by atoms with Crippen LogP contribution in [0.15, 0.2) is 54.6 Å². The molecule has 6 nitrogen and oxygen atoms in total. The average Bonchev–Trinajstić information content (AvgIpc) is 2.62. The van der Waals surface area contributed by atoms with E-state index in [4.69, 9.17) is 9.47 Å². The van der Waals surface area contributed by atoms with Crippen molar-refractivity contribution in [2.45, 2.75) is 26.5 Å². The lowest BCUT2D eigenvalue weighted by Gasteiger charge is -2.25. The molecule has 2 aromatic carbocycles. The maximum absolute atomic E-state index is 12.4. The van der Waals surface area contributed by atoms with Crippen LogP contribution in [-0.4, -0.2) is 24.4 Å². The Labute approximate surface area is 146 Å². The molecule has 0 N–H and O–H groups in total. The van der Waals surface area contributed by atoms with E-state index in [-0.39, 0.29) is 6.61 Å². The van der Waals surface area contributed by atoms with E-state index in [9.17, 15) is 14.4 Å². The molecule has 0 aliphatic heterocycles. The zero-order valence-electron chi connectivity index (χ0n) is 14.0. The van der Waals surface area contributed by atoms with E-state index < -0.39 is 18.1 Å². The average molecular weight is 341 g/mol. The minimum Gasteiger partial charge on any atom is -0.444 e. The second kappa shape index (κ2) is 8.63. The third-order valence-corrected chi connectivity index (χ3v) is 3.38. The van der Waals surface area contributed by atoms with Gasteiger partial charge in [-0.05, 0) is 36.8 Å². The first kappa shape index (κ1) is 18.2. The molecule has 0 spiro atoms. The van der Waals surface area contributed by atoms with Gasteiger partial charge < -0.3 is 14.3 Å². The number of hydrogen-bond acceptors (Lipinski definition) is 5. The van der Waals surface area contributed by atoms with E-state index in [1.54, 1.807) is 31.2 Å². The fourth-order valence-electron chi connectivity index (χ4n) is 2.20. The molecule has 0 heterocycles. The summed E-state index contributed by atoms with van der Waals surface area (Å²) in [5.41, 5.74) is 1.31. The Kier molecular flexibility index (Phi) is 6.28. The van der Waals surface area contributed by atoms with Gasteiger partial charge in [0.1, 0.15) is 18.6 Å². The van der Waals surface area contributed by atoms with Crippen LogP contribution < -0.4 is 9.64 Å². The highest BCUT2D eigenvalue weighted by Gasteiger charge is 2.23. The number of carbonyl (C=O) groups is 3. The smallest absolute Gasteiger partial charge is 0.415 e. The van der Waals surface area contributed by atoms with E-state index in [1.165, 1.54) is 11.8 Å². The Morgan fingerprint density at radius 1 is 1.08 bits per heavy atom. The summed E-state index contributed by atoms with van der Waals surface area (Å²) in [6.07, 6.45) is 0.0210. The molecule has 0 saturated carbocycles. The van der Waals surface area contributed by atoms with Crippen LogP contribution in [0.1, 0.15) is 19.4 Å². The van der Waals surface area contributed by atoms with Gasteiger partial charge in [-0.25, -0.2) is 4.79 Å². The van der Waals surface area contributed by atoms with Crippen LogP contribution in [0.4, 0.5) is 10.5 Å². The standard InChI is InChI=1S/C19H19NO5/c1-14(12-21)20(17-8-10-18(11-9-17)25-15(2)22)19(23)24-13-16-6-4-3-5-7-16/h3-12,14H,13H2,1-2H3. The molecular weight excluding hydrogens is 322 g/mol. The molecule has 0 aliphatic carbocycles. The highest BCUT2D eigenvalue weighted by molar-refractivity contribution is 5.92. The minimum atomic E-state index is -0.706. The van der Waals surface area contributed by atoms with Gasteiger partial charge in [0, 0.05) is 12.6 Å². The van der Waals surface area contributed by atoms with E-state index in [0.29, 0.717) is 17.7 Å². The molecule has 130 valence electrons. The summed E-state index contributed by atoms with van der Waals surface area (Å²) in [6.45, 7) is 3.00. The summed E-state index contributed by atoms with van der Waals surface area (Å²) < 4.78 is 10.3. The number of nitrogens with zero attached hydrogens (tertiary/aromatic N) is 1. The van der Waals surface area contributed by atoms with Crippen LogP contribution in [0.25, 0.3) is 0 Å². The van der Waals surface area contributed by atoms with Crippen molar-refractivity contribution in [1.82, 2.24) is 0 Å². The second-order valence-corrected chi connectivity index (χ2v) is 5.37. The first-order chi connectivity index (χ1) is 12.0. The fraction of sp³-hybridized carbons (Fsp3) is 0.211. The molecule has 1 unspecified atom stereocenters. The monoisotopic (exact) mass is 341 g/mol. The van der Waals surface area contributed by atoms with Crippen molar-refractivity contribution in [3.8, 4) is 5.75 Å². The number of esters is 1. The van der Waals surface area contributed by atoms with Gasteiger partial charge in [-0.2, -0.15) is 0 Å². The van der Waals surface area contributed by atoms with Gasteiger partial charge in [-0.15, -0.1) is 0 Å². The van der Waals surface area contributed by atoms with Crippen molar-refractivity contribution in [3.05, 3.63) is 60.2 Å². The van der Waals surface area contributed by atoms with Crippen LogP contribution in [0.5, 0.6) is 5.75 Å². The number of benzene rings is 2. The van der Waals surface area contributed by atoms with Gasteiger partial charge in [0.25, 0.3) is 0 Å². The molecule has 2 rings (SSSR count). The van der Waals surface area contributed by atoms with Crippen molar-refractivity contribution in [1.29, 1.82) is 0 Å². The number of hydrogen-bond donors (Lipinski definition) is 0. The van der Waals surface area contributed by atoms with Gasteiger partial charge in [-0.1, -0.05) is 30.3 Å². The lowest BCUT2D eigenvalue weighted by molar-refractivity contribution is -0.131. The van der Waals surface area contributed by atoms with Gasteiger partial charge in [0.05, 0.1) is 6.04 Å². The van der Waals surface area contributed by atoms with Crippen LogP contribution in [0.3, 0.4) is 0 Å². The zero-order chi connectivity index (χ0) is 18.2. The quantitative estimate of drug-likeness (QED) is 0.458. The van der Waals surface area contributed by atoms with Gasteiger partial charge in [0.15, 0.2) is 0 Å². The molecule has 0 bridgehead atoms. The third kappa shape index (κ3) is 5.17. The van der Waals surface area contributed by atoms with Crippen molar-refractivity contribution >= 4 is 24.0 Å². The highest BCUT2D eigenvalue weighted by atomic mass is 16.6. The molecule has 0 fully saturated rings. The molecule has 0 aromatic heterocycles.